The molecule has 0 saturated carbocycles. The van der Waals surface area contributed by atoms with Gasteiger partial charge in [0.2, 0.25) is 0 Å². The van der Waals surface area contributed by atoms with Crippen molar-refractivity contribution in [2.24, 2.45) is 0 Å². The van der Waals surface area contributed by atoms with Crippen molar-refractivity contribution >= 4 is 22.3 Å². The number of aromatic amines is 2. The summed E-state index contributed by atoms with van der Waals surface area (Å²) in [4.78, 5) is 17.4. The van der Waals surface area contributed by atoms with E-state index < -0.39 is 0 Å². The molecule has 5 aromatic rings. The Morgan fingerprint density at radius 2 is 2.03 bits per heavy atom. The summed E-state index contributed by atoms with van der Waals surface area (Å²) >= 11 is 0. The van der Waals surface area contributed by atoms with Gasteiger partial charge in [-0.1, -0.05) is 44.7 Å². The fourth-order valence-corrected chi connectivity index (χ4v) is 4.38. The number of anilines is 1. The Kier molecular flexibility index (Phi) is 6.76. The van der Waals surface area contributed by atoms with Crippen LogP contribution in [0.3, 0.4) is 0 Å². The first-order chi connectivity index (χ1) is 18.1. The molecule has 0 saturated heterocycles. The lowest BCUT2D eigenvalue weighted by atomic mass is 10.0. The van der Waals surface area contributed by atoms with Gasteiger partial charge in [-0.2, -0.15) is 5.10 Å². The van der Waals surface area contributed by atoms with Gasteiger partial charge >= 0.3 is 0 Å². The number of nitrogens with one attached hydrogen (secondary N) is 3. The van der Waals surface area contributed by atoms with Crippen LogP contribution in [0, 0.1) is 6.92 Å². The van der Waals surface area contributed by atoms with Crippen LogP contribution in [0.25, 0.3) is 39.3 Å². The van der Waals surface area contributed by atoms with E-state index >= 15 is 0 Å². The van der Waals surface area contributed by atoms with Crippen molar-refractivity contribution in [3.05, 3.63) is 109 Å². The number of rotatable bonds is 9. The molecule has 7 nitrogen and oxygen atoms in total. The minimum absolute atomic E-state index is 0.753. The van der Waals surface area contributed by atoms with Crippen LogP contribution in [0.4, 0.5) is 5.69 Å². The summed E-state index contributed by atoms with van der Waals surface area (Å²) in [5, 5.41) is 11.1. The van der Waals surface area contributed by atoms with E-state index in [1.165, 1.54) is 0 Å². The zero-order valence-electron chi connectivity index (χ0n) is 21.0. The molecule has 0 aliphatic heterocycles. The van der Waals surface area contributed by atoms with Gasteiger partial charge in [-0.3, -0.25) is 15.1 Å². The average Bonchev–Trinajstić information content (AvgIpc) is 3.51. The molecule has 37 heavy (non-hydrogen) atoms. The third kappa shape index (κ3) is 4.97. The van der Waals surface area contributed by atoms with Crippen LogP contribution in [0.15, 0.2) is 92.1 Å². The van der Waals surface area contributed by atoms with Crippen LogP contribution in [-0.2, 0) is 0 Å². The number of hydrogen-bond acceptors (Lipinski definition) is 5. The van der Waals surface area contributed by atoms with E-state index in [-0.39, 0.29) is 0 Å². The largest absolute Gasteiger partial charge is 0.358 e. The van der Waals surface area contributed by atoms with Crippen LogP contribution in [0.5, 0.6) is 0 Å². The molecule has 7 heteroatoms. The smallest absolute Gasteiger partial charge is 0.135 e. The maximum absolute atomic E-state index is 4.97. The monoisotopic (exact) mass is 487 g/mol. The normalized spacial score (nSPS) is 11.6. The fraction of sp³-hybridized carbons (Fsp3) is 0.133. The Morgan fingerprint density at radius 1 is 1.14 bits per heavy atom. The van der Waals surface area contributed by atoms with Crippen LogP contribution < -0.4 is 5.32 Å². The number of hydrogen-bond donors (Lipinski definition) is 3. The molecular weight excluding hydrogens is 458 g/mol. The Bertz CT molecular complexity index is 1610. The second kappa shape index (κ2) is 10.5. The van der Waals surface area contributed by atoms with Crippen molar-refractivity contribution in [2.45, 2.75) is 26.7 Å². The first-order valence-corrected chi connectivity index (χ1v) is 12.3. The quantitative estimate of drug-likeness (QED) is 0.193. The highest BCUT2D eigenvalue weighted by molar-refractivity contribution is 5.92. The van der Waals surface area contributed by atoms with E-state index in [4.69, 9.17) is 4.98 Å². The molecule has 0 unspecified atom stereocenters. The van der Waals surface area contributed by atoms with Crippen molar-refractivity contribution in [1.82, 2.24) is 30.1 Å². The van der Waals surface area contributed by atoms with E-state index in [0.717, 1.165) is 80.4 Å². The average molecular weight is 488 g/mol. The van der Waals surface area contributed by atoms with Gasteiger partial charge in [0.15, 0.2) is 0 Å². The van der Waals surface area contributed by atoms with Crippen molar-refractivity contribution in [2.75, 3.05) is 5.32 Å². The van der Waals surface area contributed by atoms with Gasteiger partial charge in [0.25, 0.3) is 0 Å². The SMILES string of the molecule is C=C/C=C(/c1ccccn1)c1cc(-c2n[nH]c3ccc(-c4cncc(NC(=C)CCC)c4)nc23)[nH]c1C. The molecule has 0 aliphatic carbocycles. The molecule has 0 spiro atoms. The Labute approximate surface area is 216 Å². The molecule has 184 valence electrons. The summed E-state index contributed by atoms with van der Waals surface area (Å²) in [5.74, 6) is 0. The van der Waals surface area contributed by atoms with Crippen LogP contribution in [0.1, 0.15) is 36.7 Å². The first-order valence-electron chi connectivity index (χ1n) is 12.3. The topological polar surface area (TPSA) is 95.2 Å². The maximum Gasteiger partial charge on any atom is 0.135 e. The Balaban J connectivity index is 1.52. The molecule has 0 aromatic carbocycles. The number of pyridine rings is 3. The number of nitrogens with zero attached hydrogens (tertiary/aromatic N) is 4. The van der Waals surface area contributed by atoms with Crippen LogP contribution in [-0.4, -0.2) is 30.1 Å². The van der Waals surface area contributed by atoms with Crippen LogP contribution >= 0.6 is 0 Å². The minimum atomic E-state index is 0.753. The number of H-pyrrole nitrogens is 2. The summed E-state index contributed by atoms with van der Waals surface area (Å²) in [6.07, 6.45) is 11.1. The standard InChI is InChI=1S/C30H29N7/c1-5-9-19(3)33-22-15-21(17-31-18-22)25-12-13-27-29(35-25)30(37-36-27)28-16-24(20(4)34-28)23(10-6-2)26-11-7-8-14-32-26/h6-8,10-18,33-34H,2-3,5,9H2,1,4H3,(H,36,37)/b23-10+. The zero-order chi connectivity index (χ0) is 25.8. The molecule has 0 aliphatic rings. The Hall–Kier alpha value is -4.78. The highest BCUT2D eigenvalue weighted by Gasteiger charge is 2.17. The van der Waals surface area contributed by atoms with Crippen LogP contribution in [0.2, 0.25) is 0 Å². The molecule has 5 aromatic heterocycles. The Morgan fingerprint density at radius 3 is 2.81 bits per heavy atom. The molecule has 3 N–H and O–H groups in total. The van der Waals surface area contributed by atoms with Gasteiger partial charge in [0.05, 0.1) is 34.5 Å². The zero-order valence-corrected chi connectivity index (χ0v) is 21.0. The summed E-state index contributed by atoms with van der Waals surface area (Å²) < 4.78 is 0. The van der Waals surface area contributed by atoms with Crippen molar-refractivity contribution in [1.29, 1.82) is 0 Å². The summed E-state index contributed by atoms with van der Waals surface area (Å²) in [7, 11) is 0. The van der Waals surface area contributed by atoms with Crippen molar-refractivity contribution < 1.29 is 0 Å². The summed E-state index contributed by atoms with van der Waals surface area (Å²) in [6.45, 7) is 12.2. The number of fused-ring (bicyclic) bond motifs is 1. The molecule has 5 rings (SSSR count). The maximum atomic E-state index is 4.97. The van der Waals surface area contributed by atoms with E-state index in [0.29, 0.717) is 0 Å². The fourth-order valence-electron chi connectivity index (χ4n) is 4.38. The minimum Gasteiger partial charge on any atom is -0.358 e. The van der Waals surface area contributed by atoms with E-state index in [1.54, 1.807) is 18.5 Å². The van der Waals surface area contributed by atoms with E-state index in [2.05, 4.69) is 56.6 Å². The lowest BCUT2D eigenvalue weighted by Crippen LogP contribution is -1.98. The van der Waals surface area contributed by atoms with Gasteiger partial charge in [-0.05, 0) is 49.7 Å². The summed E-state index contributed by atoms with van der Waals surface area (Å²) in [6, 6.07) is 14.0. The van der Waals surface area contributed by atoms with Crippen molar-refractivity contribution in [3.8, 4) is 22.6 Å². The molecule has 0 radical (unpaired) electrons. The third-order valence-corrected chi connectivity index (χ3v) is 6.10. The lowest BCUT2D eigenvalue weighted by Gasteiger charge is -2.09. The number of aromatic nitrogens is 6. The van der Waals surface area contributed by atoms with E-state index in [1.807, 2.05) is 55.6 Å². The van der Waals surface area contributed by atoms with Gasteiger partial charge in [0.1, 0.15) is 11.2 Å². The van der Waals surface area contributed by atoms with Gasteiger partial charge in [-0.25, -0.2) is 4.98 Å². The van der Waals surface area contributed by atoms with Gasteiger partial charge in [0, 0.05) is 40.5 Å². The second-order valence-electron chi connectivity index (χ2n) is 8.86. The van der Waals surface area contributed by atoms with Crippen molar-refractivity contribution in [3.63, 3.8) is 0 Å². The first kappa shape index (κ1) is 23.9. The molecule has 5 heterocycles. The van der Waals surface area contributed by atoms with Gasteiger partial charge < -0.3 is 10.3 Å². The summed E-state index contributed by atoms with van der Waals surface area (Å²) in [5.41, 5.74) is 10.8. The lowest BCUT2D eigenvalue weighted by molar-refractivity contribution is 0.913. The third-order valence-electron chi connectivity index (χ3n) is 6.10. The highest BCUT2D eigenvalue weighted by atomic mass is 15.1. The molecule has 0 atom stereocenters. The number of aryl methyl sites for hydroxylation is 1. The van der Waals surface area contributed by atoms with E-state index in [9.17, 15) is 0 Å². The van der Waals surface area contributed by atoms with Gasteiger partial charge in [-0.15, -0.1) is 0 Å². The molecule has 0 bridgehead atoms. The second-order valence-corrected chi connectivity index (χ2v) is 8.86. The highest BCUT2D eigenvalue weighted by Crippen LogP contribution is 2.32. The predicted molar refractivity (Wildman–Crippen MR) is 151 cm³/mol. The predicted octanol–water partition coefficient (Wildman–Crippen LogP) is 7.06. The molecule has 0 fully saturated rings. The number of allylic oxidation sites excluding steroid dienone is 3. The molecule has 0 amide bonds. The molecular formula is C30H29N7.